The maximum Gasteiger partial charge on any atom is 0.184 e. The summed E-state index contributed by atoms with van der Waals surface area (Å²) in [5.41, 5.74) is 6.21. The number of halogens is 2. The predicted octanol–water partition coefficient (Wildman–Crippen LogP) is 2.93. The lowest BCUT2D eigenvalue weighted by Gasteiger charge is -2.28. The van der Waals surface area contributed by atoms with Crippen LogP contribution in [0.3, 0.4) is 0 Å². The minimum atomic E-state index is -0.839. The van der Waals surface area contributed by atoms with E-state index in [4.69, 9.17) is 5.73 Å². The average Bonchev–Trinajstić information content (AvgIpc) is 2.77. The van der Waals surface area contributed by atoms with Crippen molar-refractivity contribution >= 4 is 11.4 Å². The molecule has 0 atom stereocenters. The van der Waals surface area contributed by atoms with Gasteiger partial charge in [0.25, 0.3) is 0 Å². The molecule has 0 bridgehead atoms. The molecule has 2 nitrogen and oxygen atoms in total. The first-order chi connectivity index (χ1) is 7.61. The molecular weight excluding hydrogens is 210 g/mol. The van der Waals surface area contributed by atoms with Gasteiger partial charge in [-0.05, 0) is 25.0 Å². The number of anilines is 2. The average molecular weight is 226 g/mol. The lowest BCUT2D eigenvalue weighted by molar-refractivity contribution is 0.503. The largest absolute Gasteiger partial charge is 0.397 e. The van der Waals surface area contributed by atoms with Gasteiger partial charge < -0.3 is 10.6 Å². The van der Waals surface area contributed by atoms with Gasteiger partial charge in [-0.2, -0.15) is 0 Å². The van der Waals surface area contributed by atoms with Crippen molar-refractivity contribution < 1.29 is 8.78 Å². The summed E-state index contributed by atoms with van der Waals surface area (Å²) in [6.45, 7) is 0. The van der Waals surface area contributed by atoms with Gasteiger partial charge in [-0.3, -0.25) is 0 Å². The van der Waals surface area contributed by atoms with E-state index in [0.29, 0.717) is 5.69 Å². The Morgan fingerprint density at radius 1 is 1.25 bits per heavy atom. The van der Waals surface area contributed by atoms with E-state index in [9.17, 15) is 8.78 Å². The molecule has 4 heteroatoms. The van der Waals surface area contributed by atoms with Gasteiger partial charge in [0.15, 0.2) is 11.6 Å². The molecule has 1 saturated carbocycles. The first kappa shape index (κ1) is 11.2. The zero-order chi connectivity index (χ0) is 11.7. The SMILES string of the molecule is CN(c1c(N)ccc(F)c1F)C1CCCC1. The summed E-state index contributed by atoms with van der Waals surface area (Å²) in [6, 6.07) is 2.76. The zero-order valence-corrected chi connectivity index (χ0v) is 9.34. The van der Waals surface area contributed by atoms with Gasteiger partial charge in [0.1, 0.15) is 0 Å². The molecule has 88 valence electrons. The Balaban J connectivity index is 2.34. The van der Waals surface area contributed by atoms with Crippen molar-refractivity contribution in [1.29, 1.82) is 0 Å². The predicted molar refractivity (Wildman–Crippen MR) is 61.4 cm³/mol. The van der Waals surface area contributed by atoms with Crippen molar-refractivity contribution in [2.45, 2.75) is 31.7 Å². The van der Waals surface area contributed by atoms with E-state index in [1.54, 1.807) is 11.9 Å². The van der Waals surface area contributed by atoms with Crippen LogP contribution in [-0.4, -0.2) is 13.1 Å². The molecule has 1 aromatic rings. The zero-order valence-electron chi connectivity index (χ0n) is 9.34. The molecule has 1 aliphatic rings. The fourth-order valence-electron chi connectivity index (χ4n) is 2.39. The van der Waals surface area contributed by atoms with Crippen LogP contribution in [0.15, 0.2) is 12.1 Å². The van der Waals surface area contributed by atoms with Crippen molar-refractivity contribution in [2.75, 3.05) is 17.7 Å². The number of rotatable bonds is 2. The van der Waals surface area contributed by atoms with Crippen molar-refractivity contribution in [3.05, 3.63) is 23.8 Å². The summed E-state index contributed by atoms with van der Waals surface area (Å²) in [5, 5.41) is 0. The molecule has 2 rings (SSSR count). The van der Waals surface area contributed by atoms with Crippen LogP contribution >= 0.6 is 0 Å². The van der Waals surface area contributed by atoms with Crippen LogP contribution in [0, 0.1) is 11.6 Å². The summed E-state index contributed by atoms with van der Waals surface area (Å²) in [5.74, 6) is -1.68. The molecule has 0 aliphatic heterocycles. The molecule has 0 aromatic heterocycles. The van der Waals surface area contributed by atoms with Crippen LogP contribution in [0.25, 0.3) is 0 Å². The Hall–Kier alpha value is -1.32. The van der Waals surface area contributed by atoms with E-state index in [1.165, 1.54) is 6.07 Å². The topological polar surface area (TPSA) is 29.3 Å². The first-order valence-corrected chi connectivity index (χ1v) is 5.57. The summed E-state index contributed by atoms with van der Waals surface area (Å²) >= 11 is 0. The number of nitrogens with zero attached hydrogens (tertiary/aromatic N) is 1. The third-order valence-electron chi connectivity index (χ3n) is 3.33. The highest BCUT2D eigenvalue weighted by Crippen LogP contribution is 2.33. The molecule has 16 heavy (non-hydrogen) atoms. The first-order valence-electron chi connectivity index (χ1n) is 5.57. The summed E-state index contributed by atoms with van der Waals surface area (Å²) in [7, 11) is 1.78. The van der Waals surface area contributed by atoms with Crippen molar-refractivity contribution in [3.63, 3.8) is 0 Å². The molecule has 1 aliphatic carbocycles. The third-order valence-corrected chi connectivity index (χ3v) is 3.33. The molecule has 0 radical (unpaired) electrons. The summed E-state index contributed by atoms with van der Waals surface area (Å²) in [4.78, 5) is 1.78. The number of hydrogen-bond acceptors (Lipinski definition) is 2. The fourth-order valence-corrected chi connectivity index (χ4v) is 2.39. The number of benzene rings is 1. The lowest BCUT2D eigenvalue weighted by atomic mass is 10.1. The second kappa shape index (κ2) is 4.28. The Morgan fingerprint density at radius 2 is 1.88 bits per heavy atom. The number of nitrogen functional groups attached to an aromatic ring is 1. The van der Waals surface area contributed by atoms with Crippen LogP contribution in [0.1, 0.15) is 25.7 Å². The van der Waals surface area contributed by atoms with Gasteiger partial charge in [-0.15, -0.1) is 0 Å². The minimum absolute atomic E-state index is 0.201. The second-order valence-corrected chi connectivity index (χ2v) is 4.35. The molecule has 1 aromatic carbocycles. The number of nitrogens with two attached hydrogens (primary N) is 1. The van der Waals surface area contributed by atoms with E-state index in [1.807, 2.05) is 0 Å². The highest BCUT2D eigenvalue weighted by Gasteiger charge is 2.24. The van der Waals surface area contributed by atoms with Crippen molar-refractivity contribution in [3.8, 4) is 0 Å². The molecule has 1 fully saturated rings. The minimum Gasteiger partial charge on any atom is -0.397 e. The highest BCUT2D eigenvalue weighted by molar-refractivity contribution is 5.68. The summed E-state index contributed by atoms with van der Waals surface area (Å²) < 4.78 is 26.8. The van der Waals surface area contributed by atoms with E-state index >= 15 is 0 Å². The van der Waals surface area contributed by atoms with E-state index < -0.39 is 11.6 Å². The van der Waals surface area contributed by atoms with Crippen LogP contribution in [0.5, 0.6) is 0 Å². The van der Waals surface area contributed by atoms with E-state index in [-0.39, 0.29) is 11.7 Å². The maximum atomic E-state index is 13.7. The molecule has 0 unspecified atom stereocenters. The van der Waals surface area contributed by atoms with Crippen LogP contribution < -0.4 is 10.6 Å². The summed E-state index contributed by atoms with van der Waals surface area (Å²) in [6.07, 6.45) is 4.33. The molecular formula is C12H16F2N2. The Bertz CT molecular complexity index is 387. The van der Waals surface area contributed by atoms with E-state index in [2.05, 4.69) is 0 Å². The van der Waals surface area contributed by atoms with Gasteiger partial charge >= 0.3 is 0 Å². The monoisotopic (exact) mass is 226 g/mol. The Labute approximate surface area is 94.0 Å². The smallest absolute Gasteiger partial charge is 0.184 e. The molecule has 0 heterocycles. The van der Waals surface area contributed by atoms with Gasteiger partial charge in [-0.1, -0.05) is 12.8 Å². The Kier molecular flexibility index (Phi) is 2.99. The van der Waals surface area contributed by atoms with Crippen molar-refractivity contribution in [1.82, 2.24) is 0 Å². The highest BCUT2D eigenvalue weighted by atomic mass is 19.2. The fraction of sp³-hybridized carbons (Fsp3) is 0.500. The lowest BCUT2D eigenvalue weighted by Crippen LogP contribution is -2.30. The van der Waals surface area contributed by atoms with Gasteiger partial charge in [0.05, 0.1) is 11.4 Å². The molecule has 0 saturated heterocycles. The molecule has 0 spiro atoms. The molecule has 0 amide bonds. The quantitative estimate of drug-likeness (QED) is 0.785. The van der Waals surface area contributed by atoms with Crippen LogP contribution in [0.4, 0.5) is 20.2 Å². The normalized spacial score (nSPS) is 16.7. The third kappa shape index (κ3) is 1.84. The van der Waals surface area contributed by atoms with Crippen LogP contribution in [-0.2, 0) is 0 Å². The van der Waals surface area contributed by atoms with Gasteiger partial charge in [-0.25, -0.2) is 8.78 Å². The van der Waals surface area contributed by atoms with Gasteiger partial charge in [0, 0.05) is 13.1 Å². The maximum absolute atomic E-state index is 13.7. The van der Waals surface area contributed by atoms with Gasteiger partial charge in [0.2, 0.25) is 0 Å². The standard InChI is InChI=1S/C12H16F2N2/c1-16(8-4-2-3-5-8)12-10(15)7-6-9(13)11(12)14/h6-8H,2-5,15H2,1H3. The van der Waals surface area contributed by atoms with Crippen molar-refractivity contribution in [2.24, 2.45) is 0 Å². The molecule has 2 N–H and O–H groups in total. The van der Waals surface area contributed by atoms with Crippen LogP contribution in [0.2, 0.25) is 0 Å². The second-order valence-electron chi connectivity index (χ2n) is 4.35. The Morgan fingerprint density at radius 3 is 2.50 bits per heavy atom. The van der Waals surface area contributed by atoms with E-state index in [0.717, 1.165) is 31.7 Å². The number of hydrogen-bond donors (Lipinski definition) is 1.